The fourth-order valence-electron chi connectivity index (χ4n) is 1.36. The van der Waals surface area contributed by atoms with Crippen molar-refractivity contribution in [3.05, 3.63) is 45.6 Å². The van der Waals surface area contributed by atoms with Gasteiger partial charge < -0.3 is 4.74 Å². The number of nitro groups is 1. The molecule has 0 N–H and O–H groups in total. The van der Waals surface area contributed by atoms with Crippen LogP contribution in [0.1, 0.15) is 18.4 Å². The summed E-state index contributed by atoms with van der Waals surface area (Å²) in [6.07, 6.45) is 2.81. The van der Waals surface area contributed by atoms with Crippen LogP contribution in [0.3, 0.4) is 0 Å². The van der Waals surface area contributed by atoms with Crippen molar-refractivity contribution in [2.75, 3.05) is 12.4 Å². The Morgan fingerprint density at radius 2 is 2.12 bits per heavy atom. The van der Waals surface area contributed by atoms with E-state index in [1.54, 1.807) is 37.5 Å². The molecule has 0 saturated carbocycles. The number of ether oxygens (including phenoxy) is 1. The van der Waals surface area contributed by atoms with Crippen LogP contribution in [-0.4, -0.2) is 17.4 Å². The third-order valence-corrected chi connectivity index (χ3v) is 2.81. The highest BCUT2D eigenvalue weighted by atomic mass is 79.9. The Kier molecular flexibility index (Phi) is 5.69. The molecule has 0 atom stereocenters. The van der Waals surface area contributed by atoms with Crippen LogP contribution >= 0.6 is 15.9 Å². The van der Waals surface area contributed by atoms with Gasteiger partial charge in [0.2, 0.25) is 5.70 Å². The number of alkyl halides is 1. The number of methoxy groups -OCH3 is 1. The van der Waals surface area contributed by atoms with Crippen molar-refractivity contribution in [2.45, 2.75) is 12.8 Å². The number of hydrogen-bond donors (Lipinski definition) is 0. The van der Waals surface area contributed by atoms with Gasteiger partial charge in [-0.1, -0.05) is 28.1 Å². The SMILES string of the molecule is COc1ccc(/C=C(/CCCBr)[N+](=O)[O-])cc1. The van der Waals surface area contributed by atoms with Crippen LogP contribution in [0, 0.1) is 10.1 Å². The Labute approximate surface area is 109 Å². The van der Waals surface area contributed by atoms with E-state index in [4.69, 9.17) is 4.74 Å². The van der Waals surface area contributed by atoms with E-state index in [-0.39, 0.29) is 10.6 Å². The molecule has 0 unspecified atom stereocenters. The third kappa shape index (κ3) is 4.56. The summed E-state index contributed by atoms with van der Waals surface area (Å²) in [5, 5.41) is 11.6. The van der Waals surface area contributed by atoms with Crippen molar-refractivity contribution in [3.8, 4) is 5.75 Å². The standard InChI is InChI=1S/C12H14BrNO3/c1-17-12-6-4-10(5-7-12)9-11(14(15)16)3-2-8-13/h4-7,9H,2-3,8H2,1H3/b11-9-. The lowest BCUT2D eigenvalue weighted by molar-refractivity contribution is -0.426. The van der Waals surface area contributed by atoms with Gasteiger partial charge in [-0.3, -0.25) is 10.1 Å². The molecule has 1 rings (SSSR count). The van der Waals surface area contributed by atoms with Crippen molar-refractivity contribution in [1.82, 2.24) is 0 Å². The lowest BCUT2D eigenvalue weighted by Gasteiger charge is -2.00. The molecular formula is C12H14BrNO3. The minimum atomic E-state index is -0.326. The summed E-state index contributed by atoms with van der Waals surface area (Å²) in [4.78, 5) is 10.5. The van der Waals surface area contributed by atoms with Crippen LogP contribution in [0.25, 0.3) is 6.08 Å². The summed E-state index contributed by atoms with van der Waals surface area (Å²) >= 11 is 3.26. The zero-order valence-corrected chi connectivity index (χ0v) is 11.1. The topological polar surface area (TPSA) is 52.4 Å². The number of benzene rings is 1. The van der Waals surface area contributed by atoms with Crippen molar-refractivity contribution in [3.63, 3.8) is 0 Å². The molecule has 0 saturated heterocycles. The molecule has 0 aliphatic rings. The fraction of sp³-hybridized carbons (Fsp3) is 0.333. The van der Waals surface area contributed by atoms with E-state index in [1.807, 2.05) is 0 Å². The van der Waals surface area contributed by atoms with E-state index in [1.165, 1.54) is 0 Å². The van der Waals surface area contributed by atoms with Gasteiger partial charge in [-0.05, 0) is 24.1 Å². The predicted molar refractivity (Wildman–Crippen MR) is 71.0 cm³/mol. The molecule has 5 heteroatoms. The first-order valence-corrected chi connectivity index (χ1v) is 6.34. The molecule has 17 heavy (non-hydrogen) atoms. The van der Waals surface area contributed by atoms with Crippen LogP contribution in [0.2, 0.25) is 0 Å². The van der Waals surface area contributed by atoms with Gasteiger partial charge in [0.1, 0.15) is 5.75 Å². The largest absolute Gasteiger partial charge is 0.497 e. The van der Waals surface area contributed by atoms with Gasteiger partial charge in [0, 0.05) is 17.8 Å². The van der Waals surface area contributed by atoms with Crippen LogP contribution in [0.4, 0.5) is 0 Å². The molecule has 0 aliphatic carbocycles. The lowest BCUT2D eigenvalue weighted by atomic mass is 10.1. The van der Waals surface area contributed by atoms with Gasteiger partial charge in [-0.2, -0.15) is 0 Å². The van der Waals surface area contributed by atoms with E-state index in [0.29, 0.717) is 6.42 Å². The van der Waals surface area contributed by atoms with Crippen molar-refractivity contribution in [1.29, 1.82) is 0 Å². The van der Waals surface area contributed by atoms with Gasteiger partial charge in [-0.25, -0.2) is 0 Å². The first-order chi connectivity index (χ1) is 8.17. The van der Waals surface area contributed by atoms with E-state index >= 15 is 0 Å². The van der Waals surface area contributed by atoms with E-state index in [9.17, 15) is 10.1 Å². The quantitative estimate of drug-likeness (QED) is 0.459. The minimum absolute atomic E-state index is 0.231. The van der Waals surface area contributed by atoms with Crippen molar-refractivity contribution < 1.29 is 9.66 Å². The maximum atomic E-state index is 10.8. The summed E-state index contributed by atoms with van der Waals surface area (Å²) < 4.78 is 5.03. The second-order valence-electron chi connectivity index (χ2n) is 3.46. The average Bonchev–Trinajstić information content (AvgIpc) is 2.35. The molecule has 0 aliphatic heterocycles. The highest BCUT2D eigenvalue weighted by molar-refractivity contribution is 9.09. The molecule has 0 heterocycles. The van der Waals surface area contributed by atoms with Crippen LogP contribution in [0.15, 0.2) is 30.0 Å². The number of allylic oxidation sites excluding steroid dienone is 1. The Morgan fingerprint density at radius 1 is 1.47 bits per heavy atom. The Morgan fingerprint density at radius 3 is 2.59 bits per heavy atom. The third-order valence-electron chi connectivity index (χ3n) is 2.25. The zero-order chi connectivity index (χ0) is 12.7. The number of halogens is 1. The highest BCUT2D eigenvalue weighted by Gasteiger charge is 2.09. The first kappa shape index (κ1) is 13.7. The summed E-state index contributed by atoms with van der Waals surface area (Å²) in [5.41, 5.74) is 1.04. The first-order valence-electron chi connectivity index (χ1n) is 5.22. The molecule has 0 radical (unpaired) electrons. The molecule has 0 bridgehead atoms. The predicted octanol–water partition coefficient (Wildman–Crippen LogP) is 3.49. The second-order valence-corrected chi connectivity index (χ2v) is 4.25. The second kappa shape index (κ2) is 7.06. The molecule has 4 nitrogen and oxygen atoms in total. The summed E-state index contributed by atoms with van der Waals surface area (Å²) in [6, 6.07) is 7.18. The van der Waals surface area contributed by atoms with Gasteiger partial charge in [0.05, 0.1) is 12.0 Å². The van der Waals surface area contributed by atoms with Crippen molar-refractivity contribution >= 4 is 22.0 Å². The fourth-order valence-corrected chi connectivity index (χ4v) is 1.64. The van der Waals surface area contributed by atoms with Crippen LogP contribution in [-0.2, 0) is 0 Å². The molecule has 1 aromatic rings. The van der Waals surface area contributed by atoms with Crippen molar-refractivity contribution in [2.24, 2.45) is 0 Å². The lowest BCUT2D eigenvalue weighted by Crippen LogP contribution is -1.99. The Balaban J connectivity index is 2.84. The number of hydrogen-bond acceptors (Lipinski definition) is 3. The Bertz CT molecular complexity index is 401. The molecule has 92 valence electrons. The van der Waals surface area contributed by atoms with Gasteiger partial charge in [-0.15, -0.1) is 0 Å². The number of rotatable bonds is 6. The van der Waals surface area contributed by atoms with E-state index in [2.05, 4.69) is 15.9 Å². The zero-order valence-electron chi connectivity index (χ0n) is 9.56. The normalized spacial score (nSPS) is 11.3. The maximum absolute atomic E-state index is 10.8. The summed E-state index contributed by atoms with van der Waals surface area (Å²) in [6.45, 7) is 0. The number of nitrogens with zero attached hydrogens (tertiary/aromatic N) is 1. The molecule has 0 spiro atoms. The van der Waals surface area contributed by atoms with Crippen LogP contribution in [0.5, 0.6) is 5.75 Å². The molecule has 0 fully saturated rings. The monoisotopic (exact) mass is 299 g/mol. The molecule has 0 aromatic heterocycles. The molecule has 0 amide bonds. The molecular weight excluding hydrogens is 286 g/mol. The van der Waals surface area contributed by atoms with Gasteiger partial charge in [0.15, 0.2) is 0 Å². The molecule has 1 aromatic carbocycles. The summed E-state index contributed by atoms with van der Waals surface area (Å²) in [7, 11) is 1.59. The summed E-state index contributed by atoms with van der Waals surface area (Å²) in [5.74, 6) is 0.741. The average molecular weight is 300 g/mol. The van der Waals surface area contributed by atoms with Gasteiger partial charge in [0.25, 0.3) is 0 Å². The van der Waals surface area contributed by atoms with E-state index in [0.717, 1.165) is 23.1 Å². The Hall–Kier alpha value is -1.36. The minimum Gasteiger partial charge on any atom is -0.497 e. The van der Waals surface area contributed by atoms with E-state index < -0.39 is 0 Å². The highest BCUT2D eigenvalue weighted by Crippen LogP contribution is 2.16. The van der Waals surface area contributed by atoms with Gasteiger partial charge >= 0.3 is 0 Å². The smallest absolute Gasteiger partial charge is 0.246 e. The maximum Gasteiger partial charge on any atom is 0.246 e. The van der Waals surface area contributed by atoms with Crippen LogP contribution < -0.4 is 4.74 Å².